The standard InChI is InChI=1S/C16H17N3O2.ClH/c1-20-14-8-7-11(9-15(14)21-2)10-17-16-18-12-5-3-4-6-13(12)19-16;/h3-9H,10H2,1-2H3,(H2,17,18,19);1H. The number of nitrogens with zero attached hydrogens (tertiary/aromatic N) is 1. The van der Waals surface area contributed by atoms with Gasteiger partial charge in [-0.2, -0.15) is 0 Å². The summed E-state index contributed by atoms with van der Waals surface area (Å²) in [4.78, 5) is 7.72. The van der Waals surface area contributed by atoms with Crippen molar-refractivity contribution in [2.45, 2.75) is 6.54 Å². The zero-order chi connectivity index (χ0) is 14.7. The molecular formula is C16H18ClN3O2. The highest BCUT2D eigenvalue weighted by atomic mass is 35.5. The van der Waals surface area contributed by atoms with Gasteiger partial charge in [0.1, 0.15) is 0 Å². The maximum absolute atomic E-state index is 5.30. The smallest absolute Gasteiger partial charge is 0.201 e. The van der Waals surface area contributed by atoms with Crippen LogP contribution < -0.4 is 14.8 Å². The fourth-order valence-electron chi connectivity index (χ4n) is 2.21. The summed E-state index contributed by atoms with van der Waals surface area (Å²) in [7, 11) is 3.26. The van der Waals surface area contributed by atoms with Crippen LogP contribution in [0, 0.1) is 0 Å². The number of nitrogens with one attached hydrogen (secondary N) is 2. The van der Waals surface area contributed by atoms with Crippen LogP contribution in [0.4, 0.5) is 5.95 Å². The van der Waals surface area contributed by atoms with Crippen LogP contribution in [-0.4, -0.2) is 24.2 Å². The molecule has 116 valence electrons. The van der Waals surface area contributed by atoms with E-state index in [9.17, 15) is 0 Å². The molecule has 0 aliphatic heterocycles. The van der Waals surface area contributed by atoms with Crippen LogP contribution in [0.5, 0.6) is 11.5 Å². The molecule has 0 spiro atoms. The van der Waals surface area contributed by atoms with Crippen molar-refractivity contribution in [2.24, 2.45) is 0 Å². The van der Waals surface area contributed by atoms with E-state index in [0.717, 1.165) is 34.0 Å². The molecule has 1 heterocycles. The molecule has 0 saturated heterocycles. The number of rotatable bonds is 5. The average Bonchev–Trinajstić information content (AvgIpc) is 2.95. The molecule has 0 aliphatic carbocycles. The van der Waals surface area contributed by atoms with E-state index in [-0.39, 0.29) is 12.4 Å². The van der Waals surface area contributed by atoms with E-state index in [2.05, 4.69) is 15.3 Å². The lowest BCUT2D eigenvalue weighted by molar-refractivity contribution is 0.354. The Bertz CT molecular complexity index is 725. The number of benzene rings is 2. The van der Waals surface area contributed by atoms with E-state index in [1.54, 1.807) is 14.2 Å². The number of fused-ring (bicyclic) bond motifs is 1. The zero-order valence-corrected chi connectivity index (χ0v) is 13.2. The number of anilines is 1. The second-order valence-corrected chi connectivity index (χ2v) is 4.65. The number of methoxy groups -OCH3 is 2. The highest BCUT2D eigenvalue weighted by Crippen LogP contribution is 2.27. The summed E-state index contributed by atoms with van der Waals surface area (Å²) in [5, 5.41) is 3.28. The lowest BCUT2D eigenvalue weighted by Gasteiger charge is -2.09. The SMILES string of the molecule is COc1ccc(CNc2nc3ccccc3[nH]2)cc1OC.Cl. The van der Waals surface area contributed by atoms with E-state index in [0.29, 0.717) is 6.54 Å². The second kappa shape index (κ2) is 7.04. The topological polar surface area (TPSA) is 59.2 Å². The van der Waals surface area contributed by atoms with Gasteiger partial charge in [0.15, 0.2) is 11.5 Å². The molecular weight excluding hydrogens is 302 g/mol. The predicted octanol–water partition coefficient (Wildman–Crippen LogP) is 3.61. The summed E-state index contributed by atoms with van der Waals surface area (Å²) in [6, 6.07) is 13.8. The number of hydrogen-bond acceptors (Lipinski definition) is 4. The predicted molar refractivity (Wildman–Crippen MR) is 90.2 cm³/mol. The second-order valence-electron chi connectivity index (χ2n) is 4.65. The molecule has 0 amide bonds. The molecule has 6 heteroatoms. The first kappa shape index (κ1) is 16.0. The molecule has 0 bridgehead atoms. The van der Waals surface area contributed by atoms with Crippen LogP contribution in [0.3, 0.4) is 0 Å². The number of halogens is 1. The van der Waals surface area contributed by atoms with Crippen molar-refractivity contribution in [3.63, 3.8) is 0 Å². The molecule has 3 rings (SSSR count). The van der Waals surface area contributed by atoms with Crippen molar-refractivity contribution >= 4 is 29.4 Å². The molecule has 5 nitrogen and oxygen atoms in total. The minimum atomic E-state index is 0. The molecule has 0 radical (unpaired) electrons. The summed E-state index contributed by atoms with van der Waals surface area (Å²) in [5.41, 5.74) is 3.06. The Hall–Kier alpha value is -2.40. The lowest BCUT2D eigenvalue weighted by Crippen LogP contribution is -2.01. The zero-order valence-electron chi connectivity index (χ0n) is 12.4. The molecule has 3 aromatic rings. The third kappa shape index (κ3) is 3.26. The molecule has 0 aliphatic rings. The van der Waals surface area contributed by atoms with Crippen LogP contribution in [0.25, 0.3) is 11.0 Å². The van der Waals surface area contributed by atoms with Gasteiger partial charge in [-0.3, -0.25) is 0 Å². The number of H-pyrrole nitrogens is 1. The summed E-state index contributed by atoms with van der Waals surface area (Å²) in [6.07, 6.45) is 0. The van der Waals surface area contributed by atoms with E-state index in [1.165, 1.54) is 0 Å². The maximum Gasteiger partial charge on any atom is 0.201 e. The first-order valence-electron chi connectivity index (χ1n) is 6.69. The maximum atomic E-state index is 5.30. The summed E-state index contributed by atoms with van der Waals surface area (Å²) >= 11 is 0. The van der Waals surface area contributed by atoms with Gasteiger partial charge in [0.05, 0.1) is 25.3 Å². The van der Waals surface area contributed by atoms with Crippen molar-refractivity contribution in [3.8, 4) is 11.5 Å². The van der Waals surface area contributed by atoms with Crippen LogP contribution in [0.1, 0.15) is 5.56 Å². The Morgan fingerprint density at radius 1 is 1.05 bits per heavy atom. The average molecular weight is 320 g/mol. The summed E-state index contributed by atoms with van der Waals surface area (Å²) in [6.45, 7) is 0.653. The number of imidazole rings is 1. The molecule has 0 unspecified atom stereocenters. The third-order valence-corrected chi connectivity index (χ3v) is 3.30. The van der Waals surface area contributed by atoms with Gasteiger partial charge in [-0.1, -0.05) is 18.2 Å². The molecule has 22 heavy (non-hydrogen) atoms. The van der Waals surface area contributed by atoms with E-state index >= 15 is 0 Å². The number of para-hydroxylation sites is 2. The van der Waals surface area contributed by atoms with Crippen LogP contribution >= 0.6 is 12.4 Å². The first-order valence-corrected chi connectivity index (χ1v) is 6.69. The van der Waals surface area contributed by atoms with Crippen molar-refractivity contribution in [1.29, 1.82) is 0 Å². The Balaban J connectivity index is 0.00000176. The molecule has 2 N–H and O–H groups in total. The Kier molecular flexibility index (Phi) is 5.12. The van der Waals surface area contributed by atoms with Gasteiger partial charge >= 0.3 is 0 Å². The quantitative estimate of drug-likeness (QED) is 0.754. The van der Waals surface area contributed by atoms with E-state index in [1.807, 2.05) is 42.5 Å². The van der Waals surface area contributed by atoms with Gasteiger partial charge in [-0.05, 0) is 29.8 Å². The normalized spacial score (nSPS) is 10.1. The molecule has 0 fully saturated rings. The Morgan fingerprint density at radius 2 is 1.82 bits per heavy atom. The van der Waals surface area contributed by atoms with Crippen molar-refractivity contribution in [3.05, 3.63) is 48.0 Å². The van der Waals surface area contributed by atoms with Crippen molar-refractivity contribution < 1.29 is 9.47 Å². The monoisotopic (exact) mass is 319 g/mol. The van der Waals surface area contributed by atoms with Crippen LogP contribution in [0.2, 0.25) is 0 Å². The van der Waals surface area contributed by atoms with Gasteiger partial charge < -0.3 is 19.8 Å². The number of ether oxygens (including phenoxy) is 2. The highest BCUT2D eigenvalue weighted by Gasteiger charge is 2.05. The fraction of sp³-hybridized carbons (Fsp3) is 0.188. The number of hydrogen-bond donors (Lipinski definition) is 2. The summed E-state index contributed by atoms with van der Waals surface area (Å²) < 4.78 is 10.5. The van der Waals surface area contributed by atoms with Crippen molar-refractivity contribution in [2.75, 3.05) is 19.5 Å². The summed E-state index contributed by atoms with van der Waals surface area (Å²) in [5.74, 6) is 2.21. The van der Waals surface area contributed by atoms with Crippen molar-refractivity contribution in [1.82, 2.24) is 9.97 Å². The molecule has 0 atom stereocenters. The lowest BCUT2D eigenvalue weighted by atomic mass is 10.2. The highest BCUT2D eigenvalue weighted by molar-refractivity contribution is 5.85. The Morgan fingerprint density at radius 3 is 2.55 bits per heavy atom. The van der Waals surface area contributed by atoms with Gasteiger partial charge in [-0.15, -0.1) is 12.4 Å². The fourth-order valence-corrected chi connectivity index (χ4v) is 2.21. The largest absolute Gasteiger partial charge is 0.493 e. The van der Waals surface area contributed by atoms with Gasteiger partial charge in [0, 0.05) is 6.54 Å². The van der Waals surface area contributed by atoms with E-state index in [4.69, 9.17) is 9.47 Å². The van der Waals surface area contributed by atoms with Gasteiger partial charge in [-0.25, -0.2) is 4.98 Å². The minimum absolute atomic E-state index is 0. The van der Waals surface area contributed by atoms with Gasteiger partial charge in [0.25, 0.3) is 0 Å². The minimum Gasteiger partial charge on any atom is -0.493 e. The first-order chi connectivity index (χ1) is 10.3. The molecule has 0 saturated carbocycles. The van der Waals surface area contributed by atoms with Crippen LogP contribution in [0.15, 0.2) is 42.5 Å². The third-order valence-electron chi connectivity index (χ3n) is 3.30. The number of aromatic nitrogens is 2. The number of aromatic amines is 1. The molecule has 1 aromatic heterocycles. The van der Waals surface area contributed by atoms with E-state index < -0.39 is 0 Å². The van der Waals surface area contributed by atoms with Crippen LogP contribution in [-0.2, 0) is 6.54 Å². The molecule has 2 aromatic carbocycles. The Labute approximate surface area is 135 Å². The van der Waals surface area contributed by atoms with Gasteiger partial charge in [0.2, 0.25) is 5.95 Å².